The molecular weight excluding hydrogens is 380 g/mol. The molecule has 0 aliphatic heterocycles. The Morgan fingerprint density at radius 1 is 0.897 bits per heavy atom. The van der Waals surface area contributed by atoms with Gasteiger partial charge in [-0.3, -0.25) is 0 Å². The van der Waals surface area contributed by atoms with Crippen molar-refractivity contribution in [3.05, 3.63) is 78.4 Å². The van der Waals surface area contributed by atoms with Crippen LogP contribution >= 0.6 is 0 Å². The zero-order valence-corrected chi connectivity index (χ0v) is 16.3. The Labute approximate surface area is 168 Å². The summed E-state index contributed by atoms with van der Waals surface area (Å²) in [7, 11) is 0. The average molecular weight is 404 g/mol. The molecule has 2 aromatic rings. The first-order chi connectivity index (χ1) is 13.9. The second-order valence-electron chi connectivity index (χ2n) is 7.38. The van der Waals surface area contributed by atoms with Gasteiger partial charge in [-0.2, -0.15) is 17.6 Å². The molecule has 1 nitrogen and oxygen atoms in total. The number of allylic oxidation sites excluding steroid dienone is 2. The zero-order valence-electron chi connectivity index (χ0n) is 16.3. The first kappa shape index (κ1) is 21.2. The van der Waals surface area contributed by atoms with Gasteiger partial charge in [-0.05, 0) is 73.3 Å². The Morgan fingerprint density at radius 3 is 1.97 bits per heavy atom. The van der Waals surface area contributed by atoms with Gasteiger partial charge in [0.1, 0.15) is 5.75 Å². The van der Waals surface area contributed by atoms with Gasteiger partial charge in [0.05, 0.1) is 6.08 Å². The molecule has 0 unspecified atom stereocenters. The average Bonchev–Trinajstić information content (AvgIpc) is 2.68. The molecule has 5 heteroatoms. The van der Waals surface area contributed by atoms with E-state index in [9.17, 15) is 17.6 Å². The molecule has 1 aliphatic carbocycles. The molecule has 154 valence electrons. The standard InChI is InChI=1S/C24H24F4O/c1-2-3-17-4-6-18(7-5-17)19-8-10-20(11-9-19)21-12-14-22(15-13-21)29-24(27,28)16-23(25)26/h2-3,8-18H,4-7H2,1H3/b3-2+. The first-order valence-corrected chi connectivity index (χ1v) is 9.80. The molecule has 0 N–H and O–H groups in total. The molecule has 29 heavy (non-hydrogen) atoms. The molecule has 0 spiro atoms. The Balaban J connectivity index is 1.64. The summed E-state index contributed by atoms with van der Waals surface area (Å²) < 4.78 is 55.0. The van der Waals surface area contributed by atoms with E-state index < -0.39 is 18.3 Å². The lowest BCUT2D eigenvalue weighted by Gasteiger charge is -2.27. The predicted octanol–water partition coefficient (Wildman–Crippen LogP) is 7.96. The summed E-state index contributed by atoms with van der Waals surface area (Å²) >= 11 is 0. The van der Waals surface area contributed by atoms with E-state index in [1.54, 1.807) is 12.1 Å². The van der Waals surface area contributed by atoms with Gasteiger partial charge in [0.25, 0.3) is 6.08 Å². The quantitative estimate of drug-likeness (QED) is 0.350. The molecule has 0 bridgehead atoms. The van der Waals surface area contributed by atoms with Crippen LogP contribution in [0.1, 0.15) is 44.1 Å². The lowest BCUT2D eigenvalue weighted by atomic mass is 9.78. The number of hydrogen-bond acceptors (Lipinski definition) is 1. The van der Waals surface area contributed by atoms with E-state index in [0.29, 0.717) is 11.8 Å². The predicted molar refractivity (Wildman–Crippen MR) is 107 cm³/mol. The Kier molecular flexibility index (Phi) is 6.78. The van der Waals surface area contributed by atoms with Gasteiger partial charge in [0, 0.05) is 0 Å². The molecular formula is C24H24F4O. The van der Waals surface area contributed by atoms with Crippen LogP contribution in [0.15, 0.2) is 72.8 Å². The molecule has 0 saturated heterocycles. The number of rotatable bonds is 6. The van der Waals surface area contributed by atoms with Crippen LogP contribution < -0.4 is 4.74 Å². The highest BCUT2D eigenvalue weighted by molar-refractivity contribution is 5.64. The fourth-order valence-electron chi connectivity index (χ4n) is 3.89. The van der Waals surface area contributed by atoms with E-state index in [4.69, 9.17) is 0 Å². The third kappa shape index (κ3) is 5.96. The summed E-state index contributed by atoms with van der Waals surface area (Å²) in [6.45, 7) is 2.07. The monoisotopic (exact) mass is 404 g/mol. The summed E-state index contributed by atoms with van der Waals surface area (Å²) in [4.78, 5) is 0. The fraction of sp³-hybridized carbons (Fsp3) is 0.333. The Hall–Kier alpha value is -2.56. The zero-order chi connectivity index (χ0) is 20.9. The van der Waals surface area contributed by atoms with Crippen molar-refractivity contribution < 1.29 is 22.3 Å². The van der Waals surface area contributed by atoms with Crippen molar-refractivity contribution in [2.75, 3.05) is 0 Å². The van der Waals surface area contributed by atoms with E-state index in [-0.39, 0.29) is 5.75 Å². The van der Waals surface area contributed by atoms with Crippen LogP contribution in [0.2, 0.25) is 0 Å². The summed E-state index contributed by atoms with van der Waals surface area (Å²) in [5.74, 6) is 1.10. The normalized spacial score (nSPS) is 19.9. The molecule has 0 atom stereocenters. The van der Waals surface area contributed by atoms with Gasteiger partial charge in [0.2, 0.25) is 0 Å². The molecule has 2 aromatic carbocycles. The first-order valence-electron chi connectivity index (χ1n) is 9.80. The molecule has 0 heterocycles. The maximum Gasteiger partial charge on any atom is 0.425 e. The van der Waals surface area contributed by atoms with E-state index >= 15 is 0 Å². The van der Waals surface area contributed by atoms with Gasteiger partial charge in [-0.25, -0.2) is 0 Å². The molecule has 0 aromatic heterocycles. The third-order valence-electron chi connectivity index (χ3n) is 5.34. The van der Waals surface area contributed by atoms with Crippen LogP contribution in [0.25, 0.3) is 11.1 Å². The summed E-state index contributed by atoms with van der Waals surface area (Å²) in [6.07, 6.45) is 2.18. The minimum atomic E-state index is -4.05. The summed E-state index contributed by atoms with van der Waals surface area (Å²) in [6, 6.07) is 14.3. The van der Waals surface area contributed by atoms with E-state index in [1.165, 1.54) is 43.4 Å². The van der Waals surface area contributed by atoms with Gasteiger partial charge in [-0.1, -0.05) is 48.6 Å². The second kappa shape index (κ2) is 9.29. The fourth-order valence-corrected chi connectivity index (χ4v) is 3.89. The van der Waals surface area contributed by atoms with Crippen LogP contribution in [0.3, 0.4) is 0 Å². The highest BCUT2D eigenvalue weighted by Gasteiger charge is 2.30. The second-order valence-corrected chi connectivity index (χ2v) is 7.38. The number of alkyl halides is 2. The SMILES string of the molecule is C/C=C/C1CCC(c2ccc(-c3ccc(OC(F)(F)C=C(F)F)cc3)cc2)CC1. The Bertz CT molecular complexity index is 841. The lowest BCUT2D eigenvalue weighted by Crippen LogP contribution is -2.21. The number of hydrogen-bond donors (Lipinski definition) is 0. The van der Waals surface area contributed by atoms with Crippen molar-refractivity contribution in [3.8, 4) is 16.9 Å². The van der Waals surface area contributed by atoms with Crippen molar-refractivity contribution in [2.45, 2.75) is 44.6 Å². The van der Waals surface area contributed by atoms with Crippen molar-refractivity contribution in [1.82, 2.24) is 0 Å². The van der Waals surface area contributed by atoms with E-state index in [1.807, 2.05) is 12.1 Å². The largest absolute Gasteiger partial charge is 0.429 e. The van der Waals surface area contributed by atoms with Crippen molar-refractivity contribution in [1.29, 1.82) is 0 Å². The van der Waals surface area contributed by atoms with E-state index in [0.717, 1.165) is 11.1 Å². The van der Waals surface area contributed by atoms with Crippen LogP contribution in [0.4, 0.5) is 17.6 Å². The molecule has 1 aliphatic rings. The minimum absolute atomic E-state index is 0.175. The van der Waals surface area contributed by atoms with Crippen molar-refractivity contribution in [3.63, 3.8) is 0 Å². The van der Waals surface area contributed by atoms with E-state index in [2.05, 4.69) is 35.9 Å². The summed E-state index contributed by atoms with van der Waals surface area (Å²) in [5, 5.41) is 0. The highest BCUT2D eigenvalue weighted by atomic mass is 19.3. The molecule has 0 amide bonds. The smallest absolute Gasteiger partial charge is 0.425 e. The maximum absolute atomic E-state index is 13.3. The number of ether oxygens (including phenoxy) is 1. The van der Waals surface area contributed by atoms with Gasteiger partial charge < -0.3 is 4.74 Å². The van der Waals surface area contributed by atoms with Crippen LogP contribution in [0.5, 0.6) is 5.75 Å². The highest BCUT2D eigenvalue weighted by Crippen LogP contribution is 2.37. The third-order valence-corrected chi connectivity index (χ3v) is 5.34. The van der Waals surface area contributed by atoms with Crippen LogP contribution in [0, 0.1) is 5.92 Å². The van der Waals surface area contributed by atoms with Crippen molar-refractivity contribution >= 4 is 0 Å². The minimum Gasteiger partial charge on any atom is -0.429 e. The van der Waals surface area contributed by atoms with Crippen LogP contribution in [-0.2, 0) is 0 Å². The maximum atomic E-state index is 13.3. The summed E-state index contributed by atoms with van der Waals surface area (Å²) in [5.41, 5.74) is 3.13. The molecule has 1 fully saturated rings. The molecule has 3 rings (SSSR count). The van der Waals surface area contributed by atoms with Crippen LogP contribution in [-0.4, -0.2) is 6.11 Å². The van der Waals surface area contributed by atoms with Gasteiger partial charge >= 0.3 is 6.11 Å². The van der Waals surface area contributed by atoms with Crippen molar-refractivity contribution in [2.24, 2.45) is 5.92 Å². The number of halogens is 4. The number of benzene rings is 2. The lowest BCUT2D eigenvalue weighted by molar-refractivity contribution is -0.133. The topological polar surface area (TPSA) is 9.23 Å². The van der Waals surface area contributed by atoms with Gasteiger partial charge in [0.15, 0.2) is 0 Å². The molecule has 1 saturated carbocycles. The Morgan fingerprint density at radius 2 is 1.45 bits per heavy atom. The van der Waals surface area contributed by atoms with Gasteiger partial charge in [-0.15, -0.1) is 0 Å². The molecule has 0 radical (unpaired) electrons.